The van der Waals surface area contributed by atoms with Gasteiger partial charge in [0, 0.05) is 45.3 Å². The molecule has 49 heavy (non-hydrogen) atoms. The zero-order valence-corrected chi connectivity index (χ0v) is 28.1. The Kier molecular flexibility index (Phi) is 12.1. The van der Waals surface area contributed by atoms with E-state index in [9.17, 15) is 14.4 Å². The van der Waals surface area contributed by atoms with Gasteiger partial charge in [0.15, 0.2) is 0 Å². The second-order valence-electron chi connectivity index (χ2n) is 12.7. The van der Waals surface area contributed by atoms with Crippen LogP contribution in [0.15, 0.2) is 85.1 Å². The van der Waals surface area contributed by atoms with Gasteiger partial charge in [-0.25, -0.2) is 9.59 Å². The van der Waals surface area contributed by atoms with Crippen LogP contribution in [-0.2, 0) is 31.9 Å². The van der Waals surface area contributed by atoms with Crippen molar-refractivity contribution in [2.45, 2.75) is 52.0 Å². The van der Waals surface area contributed by atoms with E-state index in [1.807, 2.05) is 30.3 Å². The molecule has 1 saturated heterocycles. The maximum absolute atomic E-state index is 13.5. The molecule has 1 atom stereocenters. The molecule has 0 saturated carbocycles. The molecule has 0 bridgehead atoms. The van der Waals surface area contributed by atoms with Crippen LogP contribution >= 0.6 is 0 Å². The summed E-state index contributed by atoms with van der Waals surface area (Å²) in [5.41, 5.74) is 2.08. The molecule has 3 heterocycles. The van der Waals surface area contributed by atoms with Crippen molar-refractivity contribution in [3.05, 3.63) is 102 Å². The second kappa shape index (κ2) is 16.8. The molecule has 0 spiro atoms. The highest BCUT2D eigenvalue weighted by Crippen LogP contribution is 2.23. The van der Waals surface area contributed by atoms with E-state index in [0.717, 1.165) is 37.2 Å². The summed E-state index contributed by atoms with van der Waals surface area (Å²) in [5, 5.41) is 8.31. The number of carbonyl (C=O) groups excluding carboxylic acids is 3. The number of urea groups is 1. The van der Waals surface area contributed by atoms with E-state index in [0.29, 0.717) is 37.6 Å². The van der Waals surface area contributed by atoms with Crippen molar-refractivity contribution >= 4 is 29.4 Å². The Hall–Kier alpha value is -5.14. The lowest BCUT2D eigenvalue weighted by Crippen LogP contribution is -2.42. The quantitative estimate of drug-likeness (QED) is 0.233. The Morgan fingerprint density at radius 3 is 2.33 bits per heavy atom. The number of nitrogens with zero attached hydrogens (tertiary/aromatic N) is 3. The Balaban J connectivity index is 1.19. The van der Waals surface area contributed by atoms with Gasteiger partial charge in [0.25, 0.3) is 5.91 Å². The molecule has 0 radical (unpaired) electrons. The zero-order chi connectivity index (χ0) is 34.6. The topological polar surface area (TPSA) is 144 Å². The van der Waals surface area contributed by atoms with Crippen molar-refractivity contribution in [3.63, 3.8) is 0 Å². The molecule has 13 nitrogen and oxygen atoms in total. The molecule has 1 fully saturated rings. The molecule has 13 heteroatoms. The fraction of sp³-hybridized carbons (Fsp3) is 0.389. The number of ether oxygens (including phenoxy) is 4. The van der Waals surface area contributed by atoms with Crippen LogP contribution in [-0.4, -0.2) is 84.1 Å². The third kappa shape index (κ3) is 11.2. The van der Waals surface area contributed by atoms with Gasteiger partial charge >= 0.3 is 12.1 Å². The number of anilines is 2. The fourth-order valence-electron chi connectivity index (χ4n) is 5.21. The largest absolute Gasteiger partial charge is 0.457 e. The number of morpholine rings is 1. The van der Waals surface area contributed by atoms with Gasteiger partial charge in [-0.05, 0) is 56.5 Å². The highest BCUT2D eigenvalue weighted by Gasteiger charge is 2.24. The van der Waals surface area contributed by atoms with Crippen LogP contribution in [0, 0.1) is 0 Å². The Bertz CT molecular complexity index is 1590. The molecular formula is C36H44N6O7. The predicted octanol–water partition coefficient (Wildman–Crippen LogP) is 5.33. The normalized spacial score (nSPS) is 16.1. The molecule has 3 aromatic rings. The summed E-state index contributed by atoms with van der Waals surface area (Å²) in [6, 6.07) is 19.7. The molecule has 260 valence electrons. The lowest BCUT2D eigenvalue weighted by atomic mass is 10.1. The standard InChI is InChI=1S/C36H44N6O7/c1-36(2,3)49-35(45)39-29-13-8-7-12-28(29)38-33(43)30-15-14-27(23-37-30)24-42(17-9-16-41-18-20-46-21-19-41)34(44)40-31-25-47-32(48-31)22-26-10-5-4-6-11-26/h4-8,10-15,23,25,32H,9,16-22,24H2,1-3H3,(H,38,43)(H,39,45)(H,40,44). The lowest BCUT2D eigenvalue weighted by molar-refractivity contribution is -0.0330. The Morgan fingerprint density at radius 1 is 0.918 bits per heavy atom. The minimum atomic E-state index is -0.672. The molecule has 2 aliphatic rings. The first-order chi connectivity index (χ1) is 23.6. The van der Waals surface area contributed by atoms with Crippen LogP contribution in [0.25, 0.3) is 0 Å². The average Bonchev–Trinajstić information content (AvgIpc) is 3.51. The minimum absolute atomic E-state index is 0.172. The van der Waals surface area contributed by atoms with Gasteiger partial charge in [-0.2, -0.15) is 0 Å². The molecule has 5 rings (SSSR count). The smallest absolute Gasteiger partial charge is 0.412 e. The maximum Gasteiger partial charge on any atom is 0.412 e. The van der Waals surface area contributed by atoms with E-state index in [1.54, 1.807) is 68.3 Å². The molecule has 3 N–H and O–H groups in total. The van der Waals surface area contributed by atoms with Gasteiger partial charge in [-0.1, -0.05) is 48.5 Å². The maximum atomic E-state index is 13.5. The number of hydrogen-bond acceptors (Lipinski definition) is 9. The van der Waals surface area contributed by atoms with Crippen molar-refractivity contribution in [1.82, 2.24) is 20.1 Å². The van der Waals surface area contributed by atoms with Gasteiger partial charge in [0.2, 0.25) is 12.2 Å². The number of carbonyl (C=O) groups is 3. The highest BCUT2D eigenvalue weighted by molar-refractivity contribution is 6.05. The number of benzene rings is 2. The summed E-state index contributed by atoms with van der Waals surface area (Å²) in [6.07, 6.45) is 3.13. The third-order valence-electron chi connectivity index (χ3n) is 7.60. The van der Waals surface area contributed by atoms with Crippen LogP contribution in [0.1, 0.15) is 48.8 Å². The Labute approximate surface area is 286 Å². The van der Waals surface area contributed by atoms with Gasteiger partial charge in [0.1, 0.15) is 17.6 Å². The van der Waals surface area contributed by atoms with Crippen LogP contribution < -0.4 is 16.0 Å². The lowest BCUT2D eigenvalue weighted by Gasteiger charge is -2.28. The van der Waals surface area contributed by atoms with E-state index < -0.39 is 23.9 Å². The van der Waals surface area contributed by atoms with E-state index >= 15 is 0 Å². The molecule has 4 amide bonds. The first-order valence-electron chi connectivity index (χ1n) is 16.4. The highest BCUT2D eigenvalue weighted by atomic mass is 16.7. The SMILES string of the molecule is CC(C)(C)OC(=O)Nc1ccccc1NC(=O)c1ccc(CN(CCCN2CCOCC2)C(=O)NC2=COC(Cc3ccccc3)O2)cn1. The van der Waals surface area contributed by atoms with Gasteiger partial charge in [-0.3, -0.25) is 25.3 Å². The minimum Gasteiger partial charge on any atom is -0.457 e. The summed E-state index contributed by atoms with van der Waals surface area (Å²) in [4.78, 5) is 47.3. The second-order valence-corrected chi connectivity index (χ2v) is 12.7. The molecule has 2 aliphatic heterocycles. The molecular weight excluding hydrogens is 628 g/mol. The summed E-state index contributed by atoms with van der Waals surface area (Å²) < 4.78 is 22.3. The summed E-state index contributed by atoms with van der Waals surface area (Å²) >= 11 is 0. The monoisotopic (exact) mass is 672 g/mol. The number of hydrogen-bond donors (Lipinski definition) is 3. The van der Waals surface area contributed by atoms with Crippen molar-refractivity contribution in [2.24, 2.45) is 0 Å². The van der Waals surface area contributed by atoms with Crippen LogP contribution in [0.2, 0.25) is 0 Å². The van der Waals surface area contributed by atoms with Crippen molar-refractivity contribution in [3.8, 4) is 0 Å². The first-order valence-corrected chi connectivity index (χ1v) is 16.4. The van der Waals surface area contributed by atoms with E-state index in [4.69, 9.17) is 18.9 Å². The number of pyridine rings is 1. The van der Waals surface area contributed by atoms with E-state index in [-0.39, 0.29) is 24.2 Å². The Morgan fingerprint density at radius 2 is 1.63 bits per heavy atom. The predicted molar refractivity (Wildman–Crippen MR) is 183 cm³/mol. The van der Waals surface area contributed by atoms with Crippen LogP contribution in [0.3, 0.4) is 0 Å². The van der Waals surface area contributed by atoms with Crippen LogP contribution in [0.4, 0.5) is 21.0 Å². The summed E-state index contributed by atoms with van der Waals surface area (Å²) in [5.74, 6) is -0.212. The number of aromatic nitrogens is 1. The van der Waals surface area contributed by atoms with Crippen molar-refractivity contribution in [2.75, 3.05) is 50.0 Å². The van der Waals surface area contributed by atoms with Crippen molar-refractivity contribution in [1.29, 1.82) is 0 Å². The number of rotatable bonds is 12. The molecule has 1 aromatic heterocycles. The number of amides is 4. The van der Waals surface area contributed by atoms with Gasteiger partial charge < -0.3 is 29.2 Å². The van der Waals surface area contributed by atoms with E-state index in [1.165, 1.54) is 6.26 Å². The zero-order valence-electron chi connectivity index (χ0n) is 28.1. The molecule has 0 aliphatic carbocycles. The van der Waals surface area contributed by atoms with Gasteiger partial charge in [0.05, 0.1) is 24.6 Å². The third-order valence-corrected chi connectivity index (χ3v) is 7.60. The molecule has 2 aromatic carbocycles. The average molecular weight is 673 g/mol. The summed E-state index contributed by atoms with van der Waals surface area (Å²) in [6.45, 7) is 10.0. The first kappa shape index (κ1) is 35.2. The van der Waals surface area contributed by atoms with Crippen molar-refractivity contribution < 1.29 is 33.3 Å². The number of para-hydroxylation sites is 2. The molecule has 1 unspecified atom stereocenters. The van der Waals surface area contributed by atoms with Gasteiger partial charge in [-0.15, -0.1) is 0 Å². The van der Waals surface area contributed by atoms with E-state index in [2.05, 4.69) is 25.8 Å². The fourth-order valence-corrected chi connectivity index (χ4v) is 5.21. The summed E-state index contributed by atoms with van der Waals surface area (Å²) in [7, 11) is 0. The number of nitrogens with one attached hydrogen (secondary N) is 3. The van der Waals surface area contributed by atoms with Crippen LogP contribution in [0.5, 0.6) is 0 Å².